The number of carboxylic acids is 1. The molecule has 2 amide bonds. The van der Waals surface area contributed by atoms with Crippen LogP contribution >= 0.6 is 34.7 Å². The van der Waals surface area contributed by atoms with Crippen molar-refractivity contribution >= 4 is 63.3 Å². The number of nitrogens with two attached hydrogens (primary N) is 1. The smallest absolute Gasteiger partial charge is 0.353 e. The molecule has 2 atom stereocenters. The number of thioether (sulfide) groups is 1. The van der Waals surface area contributed by atoms with Crippen molar-refractivity contribution in [2.24, 2.45) is 5.16 Å². The van der Waals surface area contributed by atoms with Crippen molar-refractivity contribution in [3.8, 4) is 0 Å². The number of nitrogens with one attached hydrogen (secondary N) is 1. The van der Waals surface area contributed by atoms with Gasteiger partial charge in [0.25, 0.3) is 11.8 Å². The second-order valence-electron chi connectivity index (χ2n) is 6.75. The number of aliphatic carboxylic acids is 1. The third kappa shape index (κ3) is 3.89. The van der Waals surface area contributed by atoms with Crippen LogP contribution in [0, 0.1) is 0 Å². The number of nitrogens with zero attached hydrogens (tertiary/aromatic N) is 4. The molecule has 0 aromatic carbocycles. The molecule has 14 heteroatoms. The fourth-order valence-electron chi connectivity index (χ4n) is 3.55. The first kappa shape index (κ1) is 22.0. The molecule has 0 bridgehead atoms. The number of nitrogen functional groups attached to an aromatic ring is 1. The first-order valence-electron chi connectivity index (χ1n) is 9.14. The molecular formula is C18H15ClN6O5S2. The van der Waals surface area contributed by atoms with E-state index in [0.29, 0.717) is 17.7 Å². The van der Waals surface area contributed by atoms with Crippen LogP contribution in [0.1, 0.15) is 18.5 Å². The average Bonchev–Trinajstić information content (AvgIpc) is 3.10. The second-order valence-corrected chi connectivity index (χ2v) is 9.55. The normalized spacial score (nSPS) is 20.6. The number of thiazole rings is 1. The highest BCUT2D eigenvalue weighted by molar-refractivity contribution is 8.03. The number of carbonyl (C=O) groups is 3. The number of hydrogen-bond donors (Lipinski definition) is 4. The lowest BCUT2D eigenvalue weighted by Crippen LogP contribution is -2.72. The summed E-state index contributed by atoms with van der Waals surface area (Å²) in [6.07, 6.45) is 4.04. The molecule has 0 saturated carbocycles. The summed E-state index contributed by atoms with van der Waals surface area (Å²) < 4.78 is 0.0542. The summed E-state index contributed by atoms with van der Waals surface area (Å²) in [5.74, 6) is -2.68. The number of aromatic nitrogens is 2. The highest BCUT2D eigenvalue weighted by atomic mass is 35.5. The minimum absolute atomic E-state index is 0.0542. The largest absolute Gasteiger partial charge is 0.477 e. The number of halogens is 1. The van der Waals surface area contributed by atoms with Gasteiger partial charge in [-0.3, -0.25) is 19.5 Å². The number of oxime groups is 1. The molecule has 0 spiro atoms. The van der Waals surface area contributed by atoms with E-state index in [1.54, 1.807) is 24.5 Å². The van der Waals surface area contributed by atoms with Gasteiger partial charge in [0, 0.05) is 22.2 Å². The molecule has 1 saturated heterocycles. The first-order chi connectivity index (χ1) is 15.3. The number of fused-ring (bicyclic) bond motifs is 1. The summed E-state index contributed by atoms with van der Waals surface area (Å²) in [6.45, 7) is 0. The van der Waals surface area contributed by atoms with E-state index in [-0.39, 0.29) is 20.9 Å². The van der Waals surface area contributed by atoms with Crippen molar-refractivity contribution in [1.82, 2.24) is 20.2 Å². The van der Waals surface area contributed by atoms with Crippen LogP contribution in [0.5, 0.6) is 0 Å². The van der Waals surface area contributed by atoms with Gasteiger partial charge in [0.05, 0.1) is 6.04 Å². The van der Waals surface area contributed by atoms with Crippen molar-refractivity contribution in [3.05, 3.63) is 45.2 Å². The van der Waals surface area contributed by atoms with Gasteiger partial charge in [0.1, 0.15) is 21.8 Å². The van der Waals surface area contributed by atoms with Crippen molar-refractivity contribution in [2.75, 3.05) is 5.73 Å². The lowest BCUT2D eigenvalue weighted by atomic mass is 9.86. The first-order valence-corrected chi connectivity index (χ1v) is 11.2. The second kappa shape index (κ2) is 8.76. The zero-order chi connectivity index (χ0) is 23.0. The fraction of sp³-hybridized carbons (Fsp3) is 0.222. The topological polar surface area (TPSA) is 171 Å². The molecule has 1 fully saturated rings. The Hall–Kier alpha value is -3.16. The molecule has 2 aromatic heterocycles. The van der Waals surface area contributed by atoms with Gasteiger partial charge in [-0.05, 0) is 25.0 Å². The molecule has 0 unspecified atom stereocenters. The summed E-state index contributed by atoms with van der Waals surface area (Å²) in [5.41, 5.74) is 4.85. The van der Waals surface area contributed by atoms with Crippen molar-refractivity contribution in [1.29, 1.82) is 0 Å². The van der Waals surface area contributed by atoms with E-state index in [4.69, 9.17) is 17.3 Å². The lowest BCUT2D eigenvalue weighted by Gasteiger charge is -2.50. The predicted molar refractivity (Wildman–Crippen MR) is 116 cm³/mol. The van der Waals surface area contributed by atoms with Gasteiger partial charge in [0.15, 0.2) is 10.8 Å². The monoisotopic (exact) mass is 494 g/mol. The number of pyridine rings is 1. The number of carboxylic acid groups (broad SMARTS) is 1. The van der Waals surface area contributed by atoms with Crippen LogP contribution in [-0.2, 0) is 14.4 Å². The Morgan fingerprint density at radius 1 is 1.38 bits per heavy atom. The number of hydrogen-bond acceptors (Lipinski definition) is 10. The van der Waals surface area contributed by atoms with Gasteiger partial charge in [-0.15, -0.1) is 0 Å². The maximum atomic E-state index is 12.8. The van der Waals surface area contributed by atoms with E-state index < -0.39 is 35.6 Å². The summed E-state index contributed by atoms with van der Waals surface area (Å²) in [5, 5.41) is 24.5. The Morgan fingerprint density at radius 2 is 2.09 bits per heavy atom. The number of allylic oxidation sites excluding steroid dienone is 1. The van der Waals surface area contributed by atoms with Crippen LogP contribution in [0.3, 0.4) is 0 Å². The van der Waals surface area contributed by atoms with E-state index in [0.717, 1.165) is 16.2 Å². The number of anilines is 1. The summed E-state index contributed by atoms with van der Waals surface area (Å²) in [4.78, 5) is 47.7. The quantitative estimate of drug-likeness (QED) is 0.201. The lowest BCUT2D eigenvalue weighted by molar-refractivity contribution is -0.155. The van der Waals surface area contributed by atoms with Gasteiger partial charge in [-0.1, -0.05) is 39.9 Å². The zero-order valence-corrected chi connectivity index (χ0v) is 18.4. The SMILES string of the molecule is Nc1nc(C(=NO)C(=O)N[C@@H]2C(=O)N3C(C(=O)O)=C(Sc4ccncc4)CC[C@H]23)c(Cl)s1. The van der Waals surface area contributed by atoms with Gasteiger partial charge in [-0.2, -0.15) is 0 Å². The Balaban J connectivity index is 1.53. The number of carbonyl (C=O) groups excluding carboxylic acids is 2. The number of rotatable bonds is 6. The highest BCUT2D eigenvalue weighted by Gasteiger charge is 2.53. The molecule has 0 radical (unpaired) electrons. The van der Waals surface area contributed by atoms with Crippen LogP contribution in [0.25, 0.3) is 0 Å². The molecule has 166 valence electrons. The Bertz CT molecular complexity index is 1170. The van der Waals surface area contributed by atoms with Crippen LogP contribution in [-0.4, -0.2) is 60.8 Å². The Kier molecular flexibility index (Phi) is 6.04. The van der Waals surface area contributed by atoms with E-state index in [1.807, 2.05) is 0 Å². The summed E-state index contributed by atoms with van der Waals surface area (Å²) in [7, 11) is 0. The van der Waals surface area contributed by atoms with Gasteiger partial charge in [0.2, 0.25) is 0 Å². The molecule has 5 N–H and O–H groups in total. The van der Waals surface area contributed by atoms with Crippen molar-refractivity contribution in [3.63, 3.8) is 0 Å². The van der Waals surface area contributed by atoms with Gasteiger partial charge in [-0.25, -0.2) is 9.78 Å². The molecule has 0 aliphatic carbocycles. The van der Waals surface area contributed by atoms with Gasteiger partial charge < -0.3 is 21.4 Å². The minimum Gasteiger partial charge on any atom is -0.477 e. The molecule has 2 aliphatic heterocycles. The summed E-state index contributed by atoms with van der Waals surface area (Å²) >= 11 is 8.13. The Labute approximate surface area is 194 Å². The van der Waals surface area contributed by atoms with E-state index >= 15 is 0 Å². The third-order valence-corrected chi connectivity index (χ3v) is 7.15. The minimum atomic E-state index is -1.23. The standard InChI is InChI=1S/C18H15ClN6O5S2/c19-14-11(23-18(20)32-14)12(24-30)15(26)22-10-8-1-2-9(31-7-3-5-21-6-4-7)13(17(28)29)25(8)16(10)27/h3-6,8,10,30H,1-2H2,(H2,20,23)(H,22,26)(H,28,29)/t8-,10+/m1/s1. The molecule has 11 nitrogen and oxygen atoms in total. The third-order valence-electron chi connectivity index (χ3n) is 4.91. The Morgan fingerprint density at radius 3 is 2.69 bits per heavy atom. The maximum absolute atomic E-state index is 12.8. The van der Waals surface area contributed by atoms with Crippen molar-refractivity contribution < 1.29 is 24.7 Å². The zero-order valence-electron chi connectivity index (χ0n) is 16.1. The number of β-lactam (4-membered cyclic amide) rings is 1. The van der Waals surface area contributed by atoms with E-state index in [9.17, 15) is 24.7 Å². The predicted octanol–water partition coefficient (Wildman–Crippen LogP) is 1.53. The van der Waals surface area contributed by atoms with Crippen LogP contribution in [0.4, 0.5) is 5.13 Å². The van der Waals surface area contributed by atoms with Crippen LogP contribution in [0.2, 0.25) is 4.34 Å². The molecule has 32 heavy (non-hydrogen) atoms. The van der Waals surface area contributed by atoms with Crippen LogP contribution < -0.4 is 11.1 Å². The highest BCUT2D eigenvalue weighted by Crippen LogP contribution is 2.43. The molecular weight excluding hydrogens is 480 g/mol. The van der Waals surface area contributed by atoms with E-state index in [1.165, 1.54) is 16.7 Å². The number of amides is 2. The molecule has 2 aromatic rings. The maximum Gasteiger partial charge on any atom is 0.353 e. The van der Waals surface area contributed by atoms with Crippen molar-refractivity contribution in [2.45, 2.75) is 29.8 Å². The molecule has 4 heterocycles. The average molecular weight is 495 g/mol. The van der Waals surface area contributed by atoms with E-state index in [2.05, 4.69) is 20.4 Å². The summed E-state index contributed by atoms with van der Waals surface area (Å²) in [6, 6.07) is 1.97. The van der Waals surface area contributed by atoms with Gasteiger partial charge >= 0.3 is 5.97 Å². The molecule has 4 rings (SSSR count). The molecule has 2 aliphatic rings. The van der Waals surface area contributed by atoms with Crippen LogP contribution in [0.15, 0.2) is 45.2 Å². The fourth-order valence-corrected chi connectivity index (χ4v) is 5.52.